The van der Waals surface area contributed by atoms with Gasteiger partial charge in [-0.1, -0.05) is 35.9 Å². The quantitative estimate of drug-likeness (QED) is 0.840. The molecule has 2 N–H and O–H groups in total. The molecule has 0 radical (unpaired) electrons. The maximum Gasteiger partial charge on any atom is 0.124 e. The molecular weight excluding hydrogens is 257 g/mol. The van der Waals surface area contributed by atoms with Gasteiger partial charge in [-0.2, -0.15) is 0 Å². The van der Waals surface area contributed by atoms with Crippen LogP contribution in [0.2, 0.25) is 0 Å². The number of rotatable bonds is 5. The lowest BCUT2D eigenvalue weighted by atomic mass is 10.1. The molecule has 2 aromatic carbocycles. The highest BCUT2D eigenvalue weighted by molar-refractivity contribution is 7.99. The van der Waals surface area contributed by atoms with Crippen molar-refractivity contribution in [3.05, 3.63) is 65.5 Å². The van der Waals surface area contributed by atoms with Gasteiger partial charge in [0.1, 0.15) is 5.82 Å². The van der Waals surface area contributed by atoms with Crippen LogP contribution in [0.4, 0.5) is 4.39 Å². The molecule has 0 aromatic heterocycles. The van der Waals surface area contributed by atoms with E-state index in [1.54, 1.807) is 23.9 Å². The van der Waals surface area contributed by atoms with Crippen LogP contribution in [0.3, 0.4) is 0 Å². The van der Waals surface area contributed by atoms with E-state index in [1.165, 1.54) is 17.2 Å². The molecule has 100 valence electrons. The largest absolute Gasteiger partial charge is 0.327 e. The maximum atomic E-state index is 13.0. The van der Waals surface area contributed by atoms with Gasteiger partial charge in [-0.05, 0) is 37.1 Å². The highest BCUT2D eigenvalue weighted by atomic mass is 32.2. The third-order valence-corrected chi connectivity index (χ3v) is 4.02. The monoisotopic (exact) mass is 275 g/mol. The molecule has 0 amide bonds. The Morgan fingerprint density at radius 3 is 2.68 bits per heavy atom. The van der Waals surface area contributed by atoms with Crippen molar-refractivity contribution >= 4 is 11.8 Å². The van der Waals surface area contributed by atoms with Crippen molar-refractivity contribution in [2.24, 2.45) is 5.73 Å². The lowest BCUT2D eigenvalue weighted by Crippen LogP contribution is -2.25. The van der Waals surface area contributed by atoms with E-state index in [-0.39, 0.29) is 11.9 Å². The van der Waals surface area contributed by atoms with Crippen LogP contribution in [0.1, 0.15) is 11.1 Å². The van der Waals surface area contributed by atoms with Crippen molar-refractivity contribution in [1.82, 2.24) is 0 Å². The summed E-state index contributed by atoms with van der Waals surface area (Å²) in [5.74, 6) is 0.592. The molecule has 0 aliphatic heterocycles. The van der Waals surface area contributed by atoms with Crippen LogP contribution in [-0.2, 0) is 6.42 Å². The Kier molecular flexibility index (Phi) is 5.00. The number of hydrogen-bond donors (Lipinski definition) is 1. The molecule has 0 saturated heterocycles. The van der Waals surface area contributed by atoms with E-state index in [0.717, 1.165) is 17.1 Å². The van der Waals surface area contributed by atoms with Crippen LogP contribution in [0, 0.1) is 12.7 Å². The number of halogens is 1. The van der Waals surface area contributed by atoms with E-state index >= 15 is 0 Å². The van der Waals surface area contributed by atoms with E-state index in [4.69, 9.17) is 5.73 Å². The minimum absolute atomic E-state index is 0.0788. The SMILES string of the molecule is Cc1cccc(CC(N)CSc2cccc(F)c2)c1. The Morgan fingerprint density at radius 2 is 1.95 bits per heavy atom. The standard InChI is InChI=1S/C16H18FNS/c1-12-4-2-5-13(8-12)9-15(18)11-19-16-7-3-6-14(17)10-16/h2-8,10,15H,9,11,18H2,1H3. The van der Waals surface area contributed by atoms with Crippen LogP contribution in [-0.4, -0.2) is 11.8 Å². The second-order valence-corrected chi connectivity index (χ2v) is 5.82. The normalized spacial score (nSPS) is 12.4. The van der Waals surface area contributed by atoms with Crippen LogP contribution >= 0.6 is 11.8 Å². The molecule has 3 heteroatoms. The molecular formula is C16H18FNS. The zero-order valence-corrected chi connectivity index (χ0v) is 11.8. The summed E-state index contributed by atoms with van der Waals surface area (Å²) in [6, 6.07) is 15.1. The Hall–Kier alpha value is -1.32. The summed E-state index contributed by atoms with van der Waals surface area (Å²) >= 11 is 1.60. The van der Waals surface area contributed by atoms with E-state index < -0.39 is 0 Å². The number of aryl methyl sites for hydroxylation is 1. The number of nitrogens with two attached hydrogens (primary N) is 1. The first-order valence-electron chi connectivity index (χ1n) is 6.33. The first kappa shape index (κ1) is 14.1. The van der Waals surface area contributed by atoms with Crippen molar-refractivity contribution in [2.45, 2.75) is 24.3 Å². The van der Waals surface area contributed by atoms with Gasteiger partial charge in [0.05, 0.1) is 0 Å². The Morgan fingerprint density at radius 1 is 1.16 bits per heavy atom. The van der Waals surface area contributed by atoms with Gasteiger partial charge in [-0.25, -0.2) is 4.39 Å². The minimum Gasteiger partial charge on any atom is -0.327 e. The van der Waals surface area contributed by atoms with E-state index in [2.05, 4.69) is 31.2 Å². The first-order valence-corrected chi connectivity index (χ1v) is 7.31. The van der Waals surface area contributed by atoms with Gasteiger partial charge in [0, 0.05) is 16.7 Å². The summed E-state index contributed by atoms with van der Waals surface area (Å²) in [7, 11) is 0. The lowest BCUT2D eigenvalue weighted by Gasteiger charge is -2.11. The fourth-order valence-electron chi connectivity index (χ4n) is 1.96. The summed E-state index contributed by atoms with van der Waals surface area (Å²) in [4.78, 5) is 0.930. The lowest BCUT2D eigenvalue weighted by molar-refractivity contribution is 0.624. The predicted octanol–water partition coefficient (Wildman–Crippen LogP) is 3.80. The van der Waals surface area contributed by atoms with Gasteiger partial charge in [0.15, 0.2) is 0 Å². The Bertz CT molecular complexity index is 542. The van der Waals surface area contributed by atoms with Gasteiger partial charge in [-0.15, -0.1) is 11.8 Å². The van der Waals surface area contributed by atoms with Crippen LogP contribution in [0.5, 0.6) is 0 Å². The third kappa shape index (κ3) is 4.69. The van der Waals surface area contributed by atoms with E-state index in [0.29, 0.717) is 0 Å². The smallest absolute Gasteiger partial charge is 0.124 e. The van der Waals surface area contributed by atoms with Crippen molar-refractivity contribution in [3.63, 3.8) is 0 Å². The predicted molar refractivity (Wildman–Crippen MR) is 80.0 cm³/mol. The van der Waals surface area contributed by atoms with Crippen LogP contribution in [0.25, 0.3) is 0 Å². The summed E-state index contributed by atoms with van der Waals surface area (Å²) < 4.78 is 13.0. The Balaban J connectivity index is 1.86. The average Bonchev–Trinajstić information content (AvgIpc) is 2.36. The second-order valence-electron chi connectivity index (χ2n) is 4.72. The molecule has 0 saturated carbocycles. The first-order chi connectivity index (χ1) is 9.13. The third-order valence-electron chi connectivity index (χ3n) is 2.84. The summed E-state index contributed by atoms with van der Waals surface area (Å²) in [5, 5.41) is 0. The van der Waals surface area contributed by atoms with E-state index in [9.17, 15) is 4.39 Å². The van der Waals surface area contributed by atoms with E-state index in [1.807, 2.05) is 6.07 Å². The van der Waals surface area contributed by atoms with Gasteiger partial charge in [0.2, 0.25) is 0 Å². The van der Waals surface area contributed by atoms with Gasteiger partial charge >= 0.3 is 0 Å². The fourth-order valence-corrected chi connectivity index (χ4v) is 2.86. The molecule has 0 fully saturated rings. The topological polar surface area (TPSA) is 26.0 Å². The maximum absolute atomic E-state index is 13.0. The molecule has 0 aliphatic rings. The summed E-state index contributed by atoms with van der Waals surface area (Å²) in [5.41, 5.74) is 8.64. The molecule has 0 heterocycles. The highest BCUT2D eigenvalue weighted by Gasteiger charge is 2.06. The van der Waals surface area contributed by atoms with Crippen molar-refractivity contribution in [3.8, 4) is 0 Å². The van der Waals surface area contributed by atoms with Crippen molar-refractivity contribution in [2.75, 3.05) is 5.75 Å². The van der Waals surface area contributed by atoms with Gasteiger partial charge < -0.3 is 5.73 Å². The molecule has 2 aromatic rings. The zero-order valence-electron chi connectivity index (χ0n) is 11.0. The molecule has 0 aliphatic carbocycles. The van der Waals surface area contributed by atoms with Gasteiger partial charge in [-0.3, -0.25) is 0 Å². The number of hydrogen-bond acceptors (Lipinski definition) is 2. The Labute approximate surface area is 118 Å². The minimum atomic E-state index is -0.197. The average molecular weight is 275 g/mol. The molecule has 1 nitrogen and oxygen atoms in total. The number of thioether (sulfide) groups is 1. The zero-order chi connectivity index (χ0) is 13.7. The molecule has 0 spiro atoms. The fraction of sp³-hybridized carbons (Fsp3) is 0.250. The van der Waals surface area contributed by atoms with Crippen molar-refractivity contribution < 1.29 is 4.39 Å². The van der Waals surface area contributed by atoms with Crippen LogP contribution in [0.15, 0.2) is 53.4 Å². The second kappa shape index (κ2) is 6.73. The van der Waals surface area contributed by atoms with Gasteiger partial charge in [0.25, 0.3) is 0 Å². The molecule has 1 atom stereocenters. The highest BCUT2D eigenvalue weighted by Crippen LogP contribution is 2.20. The van der Waals surface area contributed by atoms with Crippen LogP contribution < -0.4 is 5.73 Å². The molecule has 0 bridgehead atoms. The molecule has 2 rings (SSSR count). The summed E-state index contributed by atoms with van der Waals surface area (Å²) in [6.45, 7) is 2.08. The number of benzene rings is 2. The van der Waals surface area contributed by atoms with Crippen molar-refractivity contribution in [1.29, 1.82) is 0 Å². The molecule has 1 unspecified atom stereocenters. The molecule has 19 heavy (non-hydrogen) atoms. The summed E-state index contributed by atoms with van der Waals surface area (Å²) in [6.07, 6.45) is 0.851.